The second kappa shape index (κ2) is 5.51. The van der Waals surface area contributed by atoms with Crippen LogP contribution in [0.2, 0.25) is 0 Å². The molecule has 0 fully saturated rings. The van der Waals surface area contributed by atoms with Crippen LogP contribution in [-0.4, -0.2) is 27.6 Å². The third-order valence-corrected chi connectivity index (χ3v) is 6.39. The van der Waals surface area contributed by atoms with Gasteiger partial charge in [0.25, 0.3) is 5.91 Å². The first-order valence-corrected chi connectivity index (χ1v) is 8.61. The molecule has 0 aliphatic carbocycles. The van der Waals surface area contributed by atoms with E-state index in [4.69, 9.17) is 5.26 Å². The van der Waals surface area contributed by atoms with Crippen LogP contribution in [0.15, 0.2) is 16.3 Å². The van der Waals surface area contributed by atoms with Crippen LogP contribution in [0.1, 0.15) is 21.6 Å². The number of thiazole rings is 1. The molecule has 1 aromatic heterocycles. The number of phenolic OH excluding ortho intramolecular Hbond substituents is 1. The maximum Gasteiger partial charge on any atom is 0.261 e. The van der Waals surface area contributed by atoms with E-state index in [-0.39, 0.29) is 21.6 Å². The van der Waals surface area contributed by atoms with Gasteiger partial charge in [-0.1, -0.05) is 17.2 Å². The molecule has 1 amide bonds. The van der Waals surface area contributed by atoms with Gasteiger partial charge in [0, 0.05) is 6.42 Å². The highest BCUT2D eigenvalue weighted by atomic mass is 32.2. The molecule has 0 saturated carbocycles. The van der Waals surface area contributed by atoms with Crippen LogP contribution in [0.4, 0.5) is 9.52 Å². The smallest absolute Gasteiger partial charge is 0.261 e. The number of carbonyl (C=O) groups is 1. The Hall–Kier alpha value is -2.24. The number of phenols is 1. The van der Waals surface area contributed by atoms with Crippen LogP contribution in [-0.2, 0) is 6.42 Å². The van der Waals surface area contributed by atoms with Crippen LogP contribution < -0.4 is 5.32 Å². The molecule has 1 atom stereocenters. The Balaban J connectivity index is 1.90. The van der Waals surface area contributed by atoms with Crippen molar-refractivity contribution in [2.24, 2.45) is 0 Å². The van der Waals surface area contributed by atoms with Crippen LogP contribution >= 0.6 is 21.8 Å². The van der Waals surface area contributed by atoms with Gasteiger partial charge in [0.1, 0.15) is 0 Å². The summed E-state index contributed by atoms with van der Waals surface area (Å²) < 4.78 is 14.6. The Morgan fingerprint density at radius 1 is 1.59 bits per heavy atom. The van der Waals surface area contributed by atoms with Crippen molar-refractivity contribution in [1.82, 2.24) is 4.98 Å². The summed E-state index contributed by atoms with van der Waals surface area (Å²) in [5.41, 5.74) is 0.599. The van der Waals surface area contributed by atoms with Gasteiger partial charge in [-0.3, -0.25) is 10.1 Å². The van der Waals surface area contributed by atoms with Crippen molar-refractivity contribution in [3.8, 4) is 11.8 Å². The number of aromatic nitrogens is 1. The van der Waals surface area contributed by atoms with Crippen LogP contribution in [0.3, 0.4) is 0 Å². The molecule has 0 bridgehead atoms. The number of aromatic hydroxyl groups is 1. The number of hydrogen-bond acceptors (Lipinski definition) is 5. The van der Waals surface area contributed by atoms with E-state index in [2.05, 4.69) is 16.2 Å². The Labute approximate surface area is 132 Å². The molecule has 22 heavy (non-hydrogen) atoms. The maximum atomic E-state index is 13.5. The van der Waals surface area contributed by atoms with E-state index in [1.54, 1.807) is 6.07 Å². The van der Waals surface area contributed by atoms with Crippen molar-refractivity contribution in [2.45, 2.75) is 10.6 Å². The number of halogens is 1. The van der Waals surface area contributed by atoms with Crippen molar-refractivity contribution in [3.63, 3.8) is 0 Å². The second-order valence-corrected chi connectivity index (χ2v) is 7.68. The standard InChI is InChI=1S/C14H10FN3O2S2/c1-22-3-2-10-13(22)21-14(17-10)18-12(20)8-4-7(6-16)5-9(15)11(8)19/h4-5,19H,1-3H2,(H,17,18,20). The molecule has 1 unspecified atom stereocenters. The number of fused-ring (bicyclic) bond motifs is 1. The predicted octanol–water partition coefficient (Wildman–Crippen LogP) is 2.73. The minimum Gasteiger partial charge on any atom is -0.504 e. The van der Waals surface area contributed by atoms with E-state index in [1.807, 2.05) is 0 Å². The first-order valence-electron chi connectivity index (χ1n) is 6.24. The predicted molar refractivity (Wildman–Crippen MR) is 84.4 cm³/mol. The highest BCUT2D eigenvalue weighted by Gasteiger charge is 2.22. The van der Waals surface area contributed by atoms with Crippen molar-refractivity contribution in [3.05, 3.63) is 34.8 Å². The van der Waals surface area contributed by atoms with Gasteiger partial charge in [0.2, 0.25) is 0 Å². The molecule has 5 nitrogen and oxygen atoms in total. The molecular formula is C14H10FN3O2S2. The minimum atomic E-state index is -1.01. The average Bonchev–Trinajstić information content (AvgIpc) is 3.03. The van der Waals surface area contributed by atoms with E-state index >= 15 is 0 Å². The molecule has 0 radical (unpaired) electrons. The number of amides is 1. The molecule has 8 heteroatoms. The lowest BCUT2D eigenvalue weighted by atomic mass is 10.1. The summed E-state index contributed by atoms with van der Waals surface area (Å²) in [5, 5.41) is 21.4. The van der Waals surface area contributed by atoms with Crippen molar-refractivity contribution < 1.29 is 14.3 Å². The number of rotatable bonds is 2. The van der Waals surface area contributed by atoms with Crippen molar-refractivity contribution in [1.29, 1.82) is 5.26 Å². The topological polar surface area (TPSA) is 86.0 Å². The van der Waals surface area contributed by atoms with Crippen LogP contribution in [0.25, 0.3) is 0 Å². The summed E-state index contributed by atoms with van der Waals surface area (Å²) in [4.78, 5) is 16.5. The van der Waals surface area contributed by atoms with Crippen molar-refractivity contribution in [2.75, 3.05) is 11.1 Å². The summed E-state index contributed by atoms with van der Waals surface area (Å²) in [6.07, 6.45) is 0.831. The Kier molecular flexibility index (Phi) is 3.68. The average molecular weight is 335 g/mol. The third-order valence-electron chi connectivity index (χ3n) is 3.17. The van der Waals surface area contributed by atoms with Gasteiger partial charge >= 0.3 is 0 Å². The summed E-state index contributed by atoms with van der Waals surface area (Å²) in [6, 6.07) is 3.75. The quantitative estimate of drug-likeness (QED) is 0.826. The second-order valence-electron chi connectivity index (χ2n) is 4.62. The van der Waals surface area contributed by atoms with Gasteiger partial charge in [-0.15, -0.1) is 10.5 Å². The monoisotopic (exact) mass is 335 g/mol. The van der Waals surface area contributed by atoms with E-state index in [0.29, 0.717) is 5.13 Å². The number of benzene rings is 1. The minimum absolute atomic E-state index is 0.0404. The number of aryl methyl sites for hydroxylation is 1. The van der Waals surface area contributed by atoms with E-state index in [0.717, 1.165) is 34.2 Å². The zero-order valence-electron chi connectivity index (χ0n) is 11.2. The molecule has 1 aliphatic rings. The fraction of sp³-hybridized carbons (Fsp3) is 0.143. The number of nitrogens with one attached hydrogen (secondary N) is 1. The fourth-order valence-electron chi connectivity index (χ4n) is 2.09. The lowest BCUT2D eigenvalue weighted by Crippen LogP contribution is -2.13. The van der Waals surface area contributed by atoms with Gasteiger partial charge in [0.15, 0.2) is 16.7 Å². The van der Waals surface area contributed by atoms with E-state index < -0.39 is 17.5 Å². The van der Waals surface area contributed by atoms with E-state index in [9.17, 15) is 14.3 Å². The van der Waals surface area contributed by atoms with Crippen molar-refractivity contribution >= 4 is 38.7 Å². The molecule has 1 aliphatic heterocycles. The first-order chi connectivity index (χ1) is 10.5. The molecule has 0 saturated heterocycles. The fourth-order valence-corrected chi connectivity index (χ4v) is 4.89. The number of nitriles is 1. The van der Waals surface area contributed by atoms with Gasteiger partial charge in [-0.25, -0.2) is 9.37 Å². The van der Waals surface area contributed by atoms with Gasteiger partial charge in [-0.2, -0.15) is 5.26 Å². The number of anilines is 1. The van der Waals surface area contributed by atoms with Crippen LogP contribution in [0.5, 0.6) is 5.75 Å². The van der Waals surface area contributed by atoms with Gasteiger partial charge in [-0.05, 0) is 17.9 Å². The molecule has 2 heterocycles. The molecule has 112 valence electrons. The normalized spacial score (nSPS) is 16.1. The SMILES string of the molecule is C=S1CCc2nc(NC(=O)c3cc(C#N)cc(F)c3O)sc21. The number of carbonyl (C=O) groups excluding carboxylic acids is 1. The van der Waals surface area contributed by atoms with E-state index in [1.165, 1.54) is 11.3 Å². The summed E-state index contributed by atoms with van der Waals surface area (Å²) >= 11 is 1.34. The Bertz CT molecular complexity index is 855. The van der Waals surface area contributed by atoms with Gasteiger partial charge in [0.05, 0.1) is 27.1 Å². The molecule has 3 rings (SSSR count). The summed E-state index contributed by atoms with van der Waals surface area (Å²) in [6.45, 7) is 0. The lowest BCUT2D eigenvalue weighted by Gasteiger charge is -2.06. The maximum absolute atomic E-state index is 13.5. The van der Waals surface area contributed by atoms with Gasteiger partial charge < -0.3 is 5.11 Å². The van der Waals surface area contributed by atoms with Crippen LogP contribution in [0, 0.1) is 17.1 Å². The summed E-state index contributed by atoms with van der Waals surface area (Å²) in [7, 11) is -0.0971. The largest absolute Gasteiger partial charge is 0.504 e. The molecular weight excluding hydrogens is 325 g/mol. The zero-order chi connectivity index (χ0) is 15.9. The highest BCUT2D eigenvalue weighted by Crippen LogP contribution is 2.42. The molecule has 0 spiro atoms. The lowest BCUT2D eigenvalue weighted by molar-refractivity contribution is 0.102. The highest BCUT2D eigenvalue weighted by molar-refractivity contribution is 8.15. The zero-order valence-corrected chi connectivity index (χ0v) is 12.9. The third kappa shape index (κ3) is 2.49. The number of nitrogens with zero attached hydrogens (tertiary/aromatic N) is 2. The molecule has 2 N–H and O–H groups in total. The summed E-state index contributed by atoms with van der Waals surface area (Å²) in [5.74, 6) is 2.52. The molecule has 1 aromatic carbocycles. The Morgan fingerprint density at radius 2 is 2.36 bits per heavy atom. The first kappa shape index (κ1) is 14.7. The number of hydrogen-bond donors (Lipinski definition) is 2. The Morgan fingerprint density at radius 3 is 3.05 bits per heavy atom. The molecule has 2 aromatic rings.